The second-order valence-electron chi connectivity index (χ2n) is 7.22. The van der Waals surface area contributed by atoms with Crippen molar-refractivity contribution in [1.29, 1.82) is 0 Å². The molecule has 0 fully saturated rings. The fraction of sp³-hybridized carbons (Fsp3) is 0.0417. The highest BCUT2D eigenvalue weighted by molar-refractivity contribution is 6.09. The fourth-order valence-corrected chi connectivity index (χ4v) is 3.51. The molecule has 0 aliphatic heterocycles. The van der Waals surface area contributed by atoms with Gasteiger partial charge in [0.1, 0.15) is 23.3 Å². The Morgan fingerprint density at radius 3 is 2.36 bits per heavy atom. The molecule has 0 unspecified atom stereocenters. The third-order valence-corrected chi connectivity index (χ3v) is 5.02. The number of nitrogens with one attached hydrogen (secondary N) is 2. The van der Waals surface area contributed by atoms with Crippen molar-refractivity contribution >= 4 is 45.0 Å². The Morgan fingerprint density at radius 1 is 0.848 bits per heavy atom. The maximum atomic E-state index is 12.4. The Labute approximate surface area is 185 Å². The second kappa shape index (κ2) is 7.94. The first kappa shape index (κ1) is 20.5. The third kappa shape index (κ3) is 4.08. The molecule has 0 spiro atoms. The molecule has 0 aliphatic carbocycles. The molecule has 2 N–H and O–H groups in total. The summed E-state index contributed by atoms with van der Waals surface area (Å²) < 4.78 is 43.2. The predicted molar refractivity (Wildman–Crippen MR) is 119 cm³/mol. The van der Waals surface area contributed by atoms with Crippen LogP contribution in [-0.4, -0.2) is 22.1 Å². The molecule has 33 heavy (non-hydrogen) atoms. The number of hydrogen-bond donors (Lipinski definition) is 2. The summed E-state index contributed by atoms with van der Waals surface area (Å²) in [6, 6.07) is 21.2. The monoisotopic (exact) mass is 448 g/mol. The first-order valence-electron chi connectivity index (χ1n) is 9.86. The first-order valence-corrected chi connectivity index (χ1v) is 9.86. The highest BCUT2D eigenvalue weighted by Gasteiger charge is 2.38. The number of rotatable bonds is 4. The van der Waals surface area contributed by atoms with Crippen LogP contribution in [0.25, 0.3) is 33.2 Å². The van der Waals surface area contributed by atoms with Crippen LogP contribution in [0, 0.1) is 0 Å². The number of benzene rings is 3. The van der Waals surface area contributed by atoms with Gasteiger partial charge in [0, 0.05) is 33.8 Å². The Morgan fingerprint density at radius 2 is 1.58 bits per heavy atom. The number of carbonyl (C=O) groups is 1. The Balaban J connectivity index is 1.41. The van der Waals surface area contributed by atoms with E-state index in [2.05, 4.69) is 15.3 Å². The minimum absolute atomic E-state index is 0.0304. The number of nitrogens with zero attached hydrogens (tertiary/aromatic N) is 2. The van der Waals surface area contributed by atoms with E-state index < -0.39 is 12.1 Å². The number of aromatic nitrogens is 2. The van der Waals surface area contributed by atoms with Gasteiger partial charge in [-0.2, -0.15) is 13.2 Å². The van der Waals surface area contributed by atoms with Crippen LogP contribution in [0.1, 0.15) is 0 Å². The molecule has 0 atom stereocenters. The Hall–Kier alpha value is -4.40. The number of halogens is 3. The van der Waals surface area contributed by atoms with Crippen LogP contribution >= 0.6 is 0 Å². The van der Waals surface area contributed by atoms with Crippen molar-refractivity contribution in [2.75, 3.05) is 10.6 Å². The number of amides is 1. The molecular formula is C24H15F3N4O2. The molecule has 0 aliphatic rings. The predicted octanol–water partition coefficient (Wildman–Crippen LogP) is 6.29. The van der Waals surface area contributed by atoms with Gasteiger partial charge in [0.05, 0.1) is 5.69 Å². The van der Waals surface area contributed by atoms with Crippen molar-refractivity contribution in [2.45, 2.75) is 6.18 Å². The van der Waals surface area contributed by atoms with Crippen molar-refractivity contribution < 1.29 is 22.4 Å². The number of carbonyl (C=O) groups excluding carboxylic acids is 1. The van der Waals surface area contributed by atoms with Gasteiger partial charge in [0.25, 0.3) is 0 Å². The van der Waals surface area contributed by atoms with Crippen LogP contribution in [0.4, 0.5) is 30.4 Å². The number of alkyl halides is 3. The summed E-state index contributed by atoms with van der Waals surface area (Å²) in [5.41, 5.74) is 3.55. The maximum Gasteiger partial charge on any atom is 0.471 e. The lowest BCUT2D eigenvalue weighted by Crippen LogP contribution is -2.29. The van der Waals surface area contributed by atoms with Crippen LogP contribution in [0.2, 0.25) is 0 Å². The van der Waals surface area contributed by atoms with Crippen molar-refractivity contribution in [2.24, 2.45) is 0 Å². The molecule has 5 aromatic rings. The summed E-state index contributed by atoms with van der Waals surface area (Å²) in [6.07, 6.45) is -3.53. The highest BCUT2D eigenvalue weighted by atomic mass is 19.4. The van der Waals surface area contributed by atoms with Gasteiger partial charge in [-0.15, -0.1) is 0 Å². The Bertz CT molecular complexity index is 1480. The summed E-state index contributed by atoms with van der Waals surface area (Å²) in [7, 11) is 0. The lowest BCUT2D eigenvalue weighted by Gasteiger charge is -2.10. The van der Waals surface area contributed by atoms with E-state index in [1.54, 1.807) is 11.4 Å². The second-order valence-corrected chi connectivity index (χ2v) is 7.22. The largest absolute Gasteiger partial charge is 0.471 e. The normalized spacial score (nSPS) is 11.6. The van der Waals surface area contributed by atoms with Crippen molar-refractivity contribution in [1.82, 2.24) is 9.97 Å². The van der Waals surface area contributed by atoms with E-state index in [-0.39, 0.29) is 5.69 Å². The number of fused-ring (bicyclic) bond motifs is 3. The van der Waals surface area contributed by atoms with Crippen molar-refractivity contribution in [3.05, 3.63) is 79.1 Å². The van der Waals surface area contributed by atoms with Crippen molar-refractivity contribution in [3.63, 3.8) is 0 Å². The van der Waals surface area contributed by atoms with Gasteiger partial charge in [0.2, 0.25) is 0 Å². The van der Waals surface area contributed by atoms with E-state index in [1.165, 1.54) is 30.6 Å². The first-order chi connectivity index (χ1) is 15.9. The molecule has 0 radical (unpaired) electrons. The van der Waals surface area contributed by atoms with Crippen LogP contribution in [0.15, 0.2) is 83.5 Å². The molecule has 9 heteroatoms. The number of hydrogen-bond acceptors (Lipinski definition) is 5. The molecular weight excluding hydrogens is 433 g/mol. The molecule has 2 aromatic heterocycles. The zero-order valence-corrected chi connectivity index (χ0v) is 16.9. The smallest absolute Gasteiger partial charge is 0.455 e. The highest BCUT2D eigenvalue weighted by Crippen LogP contribution is 2.35. The molecule has 0 saturated heterocycles. The molecule has 2 heterocycles. The zero-order chi connectivity index (χ0) is 23.0. The number of anilines is 3. The molecule has 6 nitrogen and oxygen atoms in total. The molecule has 1 amide bonds. The standard InChI is InChI=1S/C24H15F3N4O2/c25-24(26,27)23(32)31-15-10-8-14(9-11-15)30-21-12-19(28-13-29-21)18-6-3-5-17-16-4-1-2-7-20(16)33-22(17)18/h1-13H,(H,31,32)(H,28,29,30). The van der Waals surface area contributed by atoms with Gasteiger partial charge in [-0.05, 0) is 36.4 Å². The Kier molecular flexibility index (Phi) is 4.93. The van der Waals surface area contributed by atoms with Gasteiger partial charge in [-0.25, -0.2) is 9.97 Å². The number of furan rings is 1. The minimum Gasteiger partial charge on any atom is -0.455 e. The summed E-state index contributed by atoms with van der Waals surface area (Å²) in [6.45, 7) is 0. The van der Waals surface area contributed by atoms with Crippen molar-refractivity contribution in [3.8, 4) is 11.3 Å². The molecule has 5 rings (SSSR count). The average Bonchev–Trinajstić information content (AvgIpc) is 3.19. The zero-order valence-electron chi connectivity index (χ0n) is 16.9. The van der Waals surface area contributed by atoms with E-state index in [1.807, 2.05) is 42.5 Å². The van der Waals surface area contributed by atoms with Gasteiger partial charge < -0.3 is 15.1 Å². The van der Waals surface area contributed by atoms with E-state index >= 15 is 0 Å². The molecule has 0 saturated carbocycles. The van der Waals surface area contributed by atoms with Crippen LogP contribution < -0.4 is 10.6 Å². The number of para-hydroxylation sites is 2. The molecule has 0 bridgehead atoms. The third-order valence-electron chi connectivity index (χ3n) is 5.02. The van der Waals surface area contributed by atoms with Crippen LogP contribution in [0.3, 0.4) is 0 Å². The summed E-state index contributed by atoms with van der Waals surface area (Å²) in [5.74, 6) is -1.54. The minimum atomic E-state index is -4.95. The van der Waals surface area contributed by atoms with Crippen LogP contribution in [0.5, 0.6) is 0 Å². The quantitative estimate of drug-likeness (QED) is 0.338. The van der Waals surface area contributed by atoms with E-state index in [4.69, 9.17) is 4.42 Å². The van der Waals surface area contributed by atoms with E-state index in [9.17, 15) is 18.0 Å². The summed E-state index contributed by atoms with van der Waals surface area (Å²) >= 11 is 0. The van der Waals surface area contributed by atoms with Gasteiger partial charge in [-0.3, -0.25) is 4.79 Å². The molecule has 3 aromatic carbocycles. The van der Waals surface area contributed by atoms with Gasteiger partial charge >= 0.3 is 12.1 Å². The van der Waals surface area contributed by atoms with E-state index in [0.29, 0.717) is 22.8 Å². The summed E-state index contributed by atoms with van der Waals surface area (Å²) in [4.78, 5) is 19.6. The fourth-order valence-electron chi connectivity index (χ4n) is 3.51. The lowest BCUT2D eigenvalue weighted by atomic mass is 10.1. The van der Waals surface area contributed by atoms with Gasteiger partial charge in [-0.1, -0.05) is 30.3 Å². The molecule has 164 valence electrons. The average molecular weight is 448 g/mol. The van der Waals surface area contributed by atoms with E-state index in [0.717, 1.165) is 21.9 Å². The lowest BCUT2D eigenvalue weighted by molar-refractivity contribution is -0.167. The maximum absolute atomic E-state index is 12.4. The van der Waals surface area contributed by atoms with Crippen LogP contribution in [-0.2, 0) is 4.79 Å². The topological polar surface area (TPSA) is 80.0 Å². The SMILES string of the molecule is O=C(Nc1ccc(Nc2cc(-c3cccc4c3oc3ccccc34)ncn2)cc1)C(F)(F)F. The van der Waals surface area contributed by atoms with Gasteiger partial charge in [0.15, 0.2) is 0 Å². The summed E-state index contributed by atoms with van der Waals surface area (Å²) in [5, 5.41) is 6.88.